The normalized spacial score (nSPS) is 13.4. The first kappa shape index (κ1) is 9.32. The first-order chi connectivity index (χ1) is 6.74. The maximum Gasteiger partial charge on any atom is 0.0459 e. The second-order valence-corrected chi connectivity index (χ2v) is 4.05. The van der Waals surface area contributed by atoms with Crippen molar-refractivity contribution >= 4 is 10.9 Å². The number of benzene rings is 1. The lowest BCUT2D eigenvalue weighted by Gasteiger charge is -2.07. The van der Waals surface area contributed by atoms with Crippen molar-refractivity contribution in [2.24, 2.45) is 0 Å². The summed E-state index contributed by atoms with van der Waals surface area (Å²) in [4.78, 5) is 3.34. The van der Waals surface area contributed by atoms with Gasteiger partial charge in [-0.2, -0.15) is 0 Å². The molecule has 0 spiro atoms. The molecule has 0 saturated carbocycles. The second-order valence-electron chi connectivity index (χ2n) is 4.05. The molecule has 0 amide bonds. The third-order valence-electron chi connectivity index (χ3n) is 3.09. The lowest BCUT2D eigenvalue weighted by molar-refractivity contribution is 0.739. The number of nitrogens with one attached hydrogen (secondary N) is 1. The van der Waals surface area contributed by atoms with Gasteiger partial charge in [0.2, 0.25) is 0 Å². The van der Waals surface area contributed by atoms with E-state index in [-0.39, 0.29) is 0 Å². The van der Waals surface area contributed by atoms with Crippen molar-refractivity contribution in [2.75, 3.05) is 0 Å². The van der Waals surface area contributed by atoms with Crippen LogP contribution in [0.15, 0.2) is 24.4 Å². The Hall–Kier alpha value is -1.24. The summed E-state index contributed by atoms with van der Waals surface area (Å²) >= 11 is 0. The van der Waals surface area contributed by atoms with Crippen LogP contribution in [0.2, 0.25) is 0 Å². The van der Waals surface area contributed by atoms with E-state index in [0.29, 0.717) is 5.92 Å². The summed E-state index contributed by atoms with van der Waals surface area (Å²) in [7, 11) is 0. The molecular weight excluding hydrogens is 170 g/mol. The summed E-state index contributed by atoms with van der Waals surface area (Å²) in [5.74, 6) is 0.643. The summed E-state index contributed by atoms with van der Waals surface area (Å²) in [6, 6.07) is 6.44. The average molecular weight is 187 g/mol. The summed E-state index contributed by atoms with van der Waals surface area (Å²) in [5, 5.41) is 1.42. The Morgan fingerprint density at radius 1 is 1.36 bits per heavy atom. The van der Waals surface area contributed by atoms with Crippen molar-refractivity contribution in [1.29, 1.82) is 0 Å². The van der Waals surface area contributed by atoms with Gasteiger partial charge in [0.15, 0.2) is 0 Å². The van der Waals surface area contributed by atoms with Crippen molar-refractivity contribution in [1.82, 2.24) is 4.98 Å². The number of hydrogen-bond acceptors (Lipinski definition) is 0. The fourth-order valence-electron chi connectivity index (χ4n) is 2.01. The first-order valence-corrected chi connectivity index (χ1v) is 5.30. The molecule has 1 N–H and O–H groups in total. The number of rotatable bonds is 2. The Kier molecular flexibility index (Phi) is 2.32. The highest BCUT2D eigenvalue weighted by atomic mass is 14.7. The molecule has 74 valence electrons. The minimum absolute atomic E-state index is 0.643. The van der Waals surface area contributed by atoms with Gasteiger partial charge in [-0.05, 0) is 36.5 Å². The van der Waals surface area contributed by atoms with Gasteiger partial charge in [-0.3, -0.25) is 0 Å². The van der Waals surface area contributed by atoms with E-state index < -0.39 is 0 Å². The molecule has 2 rings (SSSR count). The zero-order valence-corrected chi connectivity index (χ0v) is 9.09. The summed E-state index contributed by atoms with van der Waals surface area (Å²) in [5.41, 5.74) is 4.10. The van der Waals surface area contributed by atoms with Crippen LogP contribution in [0.25, 0.3) is 10.9 Å². The van der Waals surface area contributed by atoms with E-state index >= 15 is 0 Å². The minimum Gasteiger partial charge on any atom is -0.361 e. The Balaban J connectivity index is 2.67. The van der Waals surface area contributed by atoms with Gasteiger partial charge in [0.1, 0.15) is 0 Å². The van der Waals surface area contributed by atoms with E-state index in [1.54, 1.807) is 0 Å². The SMILES string of the molecule is CCC(C)c1c[nH]c2cccc(C)c12. The molecule has 1 aromatic carbocycles. The molecule has 1 heteroatoms. The molecule has 1 heterocycles. The van der Waals surface area contributed by atoms with Crippen LogP contribution >= 0.6 is 0 Å². The van der Waals surface area contributed by atoms with Crippen LogP contribution in [0.4, 0.5) is 0 Å². The maximum atomic E-state index is 3.34. The Bertz CT molecular complexity index is 439. The summed E-state index contributed by atoms with van der Waals surface area (Å²) < 4.78 is 0. The molecule has 0 radical (unpaired) electrons. The molecule has 0 aliphatic heterocycles. The zero-order valence-electron chi connectivity index (χ0n) is 9.09. The second kappa shape index (κ2) is 3.49. The standard InChI is InChI=1S/C13H17N/c1-4-9(2)11-8-14-12-7-5-6-10(3)13(11)12/h5-9,14H,4H2,1-3H3. The molecule has 0 saturated heterocycles. The van der Waals surface area contributed by atoms with Gasteiger partial charge >= 0.3 is 0 Å². The molecule has 2 aromatic rings. The predicted molar refractivity (Wildman–Crippen MR) is 61.7 cm³/mol. The van der Waals surface area contributed by atoms with Crippen molar-refractivity contribution in [3.8, 4) is 0 Å². The molecule has 1 nitrogen and oxygen atoms in total. The molecule has 1 aromatic heterocycles. The van der Waals surface area contributed by atoms with Crippen LogP contribution in [0.5, 0.6) is 0 Å². The number of hydrogen-bond donors (Lipinski definition) is 1. The highest BCUT2D eigenvalue weighted by molar-refractivity contribution is 5.86. The fourth-order valence-corrected chi connectivity index (χ4v) is 2.01. The van der Waals surface area contributed by atoms with Gasteiger partial charge in [0.25, 0.3) is 0 Å². The van der Waals surface area contributed by atoms with Crippen LogP contribution in [-0.2, 0) is 0 Å². The van der Waals surface area contributed by atoms with Gasteiger partial charge in [0, 0.05) is 17.1 Å². The third kappa shape index (κ3) is 1.33. The van der Waals surface area contributed by atoms with E-state index in [1.807, 2.05) is 0 Å². The topological polar surface area (TPSA) is 15.8 Å². The molecule has 0 fully saturated rings. The third-order valence-corrected chi connectivity index (χ3v) is 3.09. The van der Waals surface area contributed by atoms with Crippen LogP contribution in [-0.4, -0.2) is 4.98 Å². The molecule has 0 aliphatic rings. The molecule has 14 heavy (non-hydrogen) atoms. The van der Waals surface area contributed by atoms with E-state index in [9.17, 15) is 0 Å². The van der Waals surface area contributed by atoms with Crippen LogP contribution < -0.4 is 0 Å². The number of aromatic amines is 1. The van der Waals surface area contributed by atoms with Gasteiger partial charge in [-0.1, -0.05) is 26.0 Å². The predicted octanol–water partition coefficient (Wildman–Crippen LogP) is 3.99. The lowest BCUT2D eigenvalue weighted by atomic mass is 9.96. The first-order valence-electron chi connectivity index (χ1n) is 5.30. The molecular formula is C13H17N. The van der Waals surface area contributed by atoms with Crippen molar-refractivity contribution in [3.63, 3.8) is 0 Å². The zero-order chi connectivity index (χ0) is 10.1. The van der Waals surface area contributed by atoms with Crippen LogP contribution in [0.3, 0.4) is 0 Å². The van der Waals surface area contributed by atoms with E-state index in [0.717, 1.165) is 0 Å². The monoisotopic (exact) mass is 187 g/mol. The van der Waals surface area contributed by atoms with E-state index in [1.165, 1.54) is 28.5 Å². The highest BCUT2D eigenvalue weighted by Gasteiger charge is 2.10. The number of aryl methyl sites for hydroxylation is 1. The Labute approximate surface area is 85.1 Å². The van der Waals surface area contributed by atoms with Gasteiger partial charge in [-0.25, -0.2) is 0 Å². The molecule has 0 bridgehead atoms. The van der Waals surface area contributed by atoms with Gasteiger partial charge < -0.3 is 4.98 Å². The van der Waals surface area contributed by atoms with Crippen LogP contribution in [0, 0.1) is 6.92 Å². The molecule has 0 aliphatic carbocycles. The van der Waals surface area contributed by atoms with Crippen molar-refractivity contribution < 1.29 is 0 Å². The Morgan fingerprint density at radius 3 is 2.86 bits per heavy atom. The molecule has 1 atom stereocenters. The number of H-pyrrole nitrogens is 1. The fraction of sp³-hybridized carbons (Fsp3) is 0.385. The average Bonchev–Trinajstić information content (AvgIpc) is 2.62. The summed E-state index contributed by atoms with van der Waals surface area (Å²) in [6.45, 7) is 6.71. The van der Waals surface area contributed by atoms with Crippen LogP contribution in [0.1, 0.15) is 37.3 Å². The minimum atomic E-state index is 0.643. The van der Waals surface area contributed by atoms with E-state index in [2.05, 4.69) is 50.2 Å². The number of fused-ring (bicyclic) bond motifs is 1. The van der Waals surface area contributed by atoms with Gasteiger partial charge in [-0.15, -0.1) is 0 Å². The van der Waals surface area contributed by atoms with E-state index in [4.69, 9.17) is 0 Å². The summed E-state index contributed by atoms with van der Waals surface area (Å²) in [6.07, 6.45) is 3.35. The molecule has 1 unspecified atom stereocenters. The number of aromatic nitrogens is 1. The van der Waals surface area contributed by atoms with Crippen molar-refractivity contribution in [2.45, 2.75) is 33.1 Å². The highest BCUT2D eigenvalue weighted by Crippen LogP contribution is 2.29. The lowest BCUT2D eigenvalue weighted by Crippen LogP contribution is -1.89. The quantitative estimate of drug-likeness (QED) is 0.731. The Morgan fingerprint density at radius 2 is 2.14 bits per heavy atom. The largest absolute Gasteiger partial charge is 0.361 e. The van der Waals surface area contributed by atoms with Gasteiger partial charge in [0.05, 0.1) is 0 Å². The smallest absolute Gasteiger partial charge is 0.0459 e. The maximum absolute atomic E-state index is 3.34. The van der Waals surface area contributed by atoms with Crippen molar-refractivity contribution in [3.05, 3.63) is 35.5 Å².